The first-order valence-corrected chi connectivity index (χ1v) is 8.15. The maximum atomic E-state index is 13.7. The Morgan fingerprint density at radius 2 is 2.04 bits per heavy atom. The summed E-state index contributed by atoms with van der Waals surface area (Å²) in [5.74, 6) is -0.597. The van der Waals surface area contributed by atoms with E-state index in [2.05, 4.69) is 10.6 Å². The smallest absolute Gasteiger partial charge is 0.321 e. The third-order valence-electron chi connectivity index (χ3n) is 3.82. The predicted molar refractivity (Wildman–Crippen MR) is 89.5 cm³/mol. The lowest BCUT2D eigenvalue weighted by Gasteiger charge is -2.18. The third kappa shape index (κ3) is 6.54. The first kappa shape index (κ1) is 19.9. The summed E-state index contributed by atoms with van der Waals surface area (Å²) in [5, 5.41) is 5.00. The molecule has 0 heterocycles. The molecule has 1 unspecified atom stereocenters. The highest BCUT2D eigenvalue weighted by Crippen LogP contribution is 2.17. The van der Waals surface area contributed by atoms with Crippen LogP contribution in [0.4, 0.5) is 9.18 Å². The number of imide groups is 1. The fraction of sp³-hybridized carbons (Fsp3) is 0.529. The first-order valence-electron chi connectivity index (χ1n) is 8.15. The number of likely N-dealkylation sites (N-methyl/N-ethyl adjacent to an activating group) is 1. The van der Waals surface area contributed by atoms with E-state index in [9.17, 15) is 14.0 Å². The molecule has 0 bridgehead atoms. The lowest BCUT2D eigenvalue weighted by Crippen LogP contribution is -3.11. The van der Waals surface area contributed by atoms with Crippen LogP contribution in [0, 0.1) is 5.82 Å². The van der Waals surface area contributed by atoms with Crippen LogP contribution < -0.4 is 20.3 Å². The minimum atomic E-state index is -0.486. The van der Waals surface area contributed by atoms with Crippen LogP contribution in [0.15, 0.2) is 18.2 Å². The second-order valence-electron chi connectivity index (χ2n) is 5.76. The number of rotatable bonds is 8. The third-order valence-corrected chi connectivity index (χ3v) is 3.82. The molecule has 24 heavy (non-hydrogen) atoms. The van der Waals surface area contributed by atoms with Gasteiger partial charge in [-0.05, 0) is 38.5 Å². The van der Waals surface area contributed by atoms with E-state index in [0.717, 1.165) is 16.9 Å². The molecule has 0 radical (unpaired) electrons. The number of benzene rings is 1. The van der Waals surface area contributed by atoms with E-state index in [4.69, 9.17) is 4.74 Å². The molecular formula is C17H27FN3O3+. The van der Waals surface area contributed by atoms with Gasteiger partial charge in [-0.3, -0.25) is 10.1 Å². The molecule has 0 saturated carbocycles. The number of nitrogens with one attached hydrogen (secondary N) is 3. The van der Waals surface area contributed by atoms with E-state index in [1.54, 1.807) is 12.1 Å². The number of carbonyl (C=O) groups excluding carboxylic acids is 2. The Morgan fingerprint density at radius 3 is 2.58 bits per heavy atom. The van der Waals surface area contributed by atoms with E-state index < -0.39 is 11.8 Å². The van der Waals surface area contributed by atoms with Gasteiger partial charge in [0.2, 0.25) is 0 Å². The quantitative estimate of drug-likeness (QED) is 0.657. The lowest BCUT2D eigenvalue weighted by molar-refractivity contribution is -0.904. The van der Waals surface area contributed by atoms with Crippen molar-refractivity contribution in [2.75, 3.05) is 20.2 Å². The molecule has 0 fully saturated rings. The number of quaternary nitrogens is 1. The lowest BCUT2D eigenvalue weighted by atomic mass is 10.2. The maximum Gasteiger partial charge on any atom is 0.321 e. The number of amides is 3. The van der Waals surface area contributed by atoms with Crippen LogP contribution in [-0.2, 0) is 11.3 Å². The average Bonchev–Trinajstić information content (AvgIpc) is 2.53. The van der Waals surface area contributed by atoms with Crippen LogP contribution in [0.1, 0.15) is 32.8 Å². The fourth-order valence-electron chi connectivity index (χ4n) is 2.18. The Labute approximate surface area is 142 Å². The van der Waals surface area contributed by atoms with Crippen molar-refractivity contribution in [3.8, 4) is 5.75 Å². The van der Waals surface area contributed by atoms with Gasteiger partial charge >= 0.3 is 6.03 Å². The number of ether oxygens (including phenoxy) is 1. The Bertz CT molecular complexity index is 566. The van der Waals surface area contributed by atoms with Crippen molar-refractivity contribution in [1.82, 2.24) is 10.6 Å². The average molecular weight is 340 g/mol. The Balaban J connectivity index is 2.56. The zero-order valence-electron chi connectivity index (χ0n) is 14.7. The minimum absolute atomic E-state index is 0.00898. The first-order chi connectivity index (χ1) is 11.4. The van der Waals surface area contributed by atoms with Crippen LogP contribution in [-0.4, -0.2) is 38.2 Å². The van der Waals surface area contributed by atoms with Crippen molar-refractivity contribution in [3.05, 3.63) is 29.6 Å². The summed E-state index contributed by atoms with van der Waals surface area (Å²) in [6, 6.07) is 4.26. The number of methoxy groups -OCH3 is 1. The number of hydrogen-bond donors (Lipinski definition) is 3. The number of halogens is 1. The zero-order chi connectivity index (χ0) is 18.1. The van der Waals surface area contributed by atoms with Crippen LogP contribution >= 0.6 is 0 Å². The summed E-state index contributed by atoms with van der Waals surface area (Å²) >= 11 is 0. The molecule has 6 nitrogen and oxygen atoms in total. The largest absolute Gasteiger partial charge is 0.494 e. The second kappa shape index (κ2) is 9.87. The number of hydrogen-bond acceptors (Lipinski definition) is 3. The van der Waals surface area contributed by atoms with Crippen molar-refractivity contribution < 1.29 is 23.6 Å². The Hall–Kier alpha value is -2.15. The van der Waals surface area contributed by atoms with Gasteiger partial charge in [-0.2, -0.15) is 0 Å². The van der Waals surface area contributed by atoms with Crippen molar-refractivity contribution in [2.45, 2.75) is 39.8 Å². The van der Waals surface area contributed by atoms with Gasteiger partial charge in [0.1, 0.15) is 6.54 Å². The van der Waals surface area contributed by atoms with E-state index in [1.807, 2.05) is 20.8 Å². The highest BCUT2D eigenvalue weighted by molar-refractivity contribution is 5.94. The van der Waals surface area contributed by atoms with Gasteiger partial charge in [0.05, 0.1) is 13.7 Å². The van der Waals surface area contributed by atoms with E-state index in [0.29, 0.717) is 13.1 Å². The van der Waals surface area contributed by atoms with Gasteiger partial charge in [-0.15, -0.1) is 0 Å². The van der Waals surface area contributed by atoms with Gasteiger partial charge in [-0.25, -0.2) is 9.18 Å². The molecule has 0 saturated heterocycles. The van der Waals surface area contributed by atoms with Gasteiger partial charge < -0.3 is 15.0 Å². The normalized spacial score (nSPS) is 13.0. The topological polar surface area (TPSA) is 71.9 Å². The van der Waals surface area contributed by atoms with E-state index in [-0.39, 0.29) is 24.2 Å². The van der Waals surface area contributed by atoms with Crippen molar-refractivity contribution in [2.24, 2.45) is 0 Å². The van der Waals surface area contributed by atoms with E-state index in [1.165, 1.54) is 13.2 Å². The molecule has 1 aromatic rings. The van der Waals surface area contributed by atoms with Crippen molar-refractivity contribution in [1.29, 1.82) is 0 Å². The predicted octanol–water partition coefficient (Wildman–Crippen LogP) is 0.863. The summed E-state index contributed by atoms with van der Waals surface area (Å²) in [7, 11) is 1.41. The second-order valence-corrected chi connectivity index (χ2v) is 5.76. The molecule has 0 aliphatic rings. The molecule has 7 heteroatoms. The SMILES string of the molecule is CC[C@@H](C)NC(=O)NC(=O)C[NH+](CC)Cc1ccc(OC)c(F)c1. The molecule has 0 aromatic heterocycles. The zero-order valence-corrected chi connectivity index (χ0v) is 14.7. The molecular weight excluding hydrogens is 313 g/mol. The summed E-state index contributed by atoms with van der Waals surface area (Å²) in [5.41, 5.74) is 0.766. The highest BCUT2D eigenvalue weighted by atomic mass is 19.1. The van der Waals surface area contributed by atoms with Gasteiger partial charge in [-0.1, -0.05) is 6.92 Å². The number of urea groups is 1. The standard InChI is InChI=1S/C17H26FN3O3/c1-5-12(3)19-17(23)20-16(22)11-21(6-2)10-13-7-8-15(24-4)14(18)9-13/h7-9,12H,5-6,10-11H2,1-4H3,(H2,19,20,22,23)/p+1/t12-/m1/s1. The van der Waals surface area contributed by atoms with Gasteiger partial charge in [0.25, 0.3) is 5.91 Å². The van der Waals surface area contributed by atoms with Crippen molar-refractivity contribution in [3.63, 3.8) is 0 Å². The van der Waals surface area contributed by atoms with Crippen LogP contribution in [0.3, 0.4) is 0 Å². The van der Waals surface area contributed by atoms with Crippen molar-refractivity contribution >= 4 is 11.9 Å². The summed E-state index contributed by atoms with van der Waals surface area (Å²) < 4.78 is 18.6. The van der Waals surface area contributed by atoms with Gasteiger partial charge in [0.15, 0.2) is 18.1 Å². The molecule has 1 aromatic carbocycles. The highest BCUT2D eigenvalue weighted by Gasteiger charge is 2.17. The molecule has 2 atom stereocenters. The minimum Gasteiger partial charge on any atom is -0.494 e. The summed E-state index contributed by atoms with van der Waals surface area (Å²) in [6.45, 7) is 7.04. The Kier molecular flexibility index (Phi) is 8.18. The Morgan fingerprint density at radius 1 is 1.33 bits per heavy atom. The monoisotopic (exact) mass is 340 g/mol. The van der Waals surface area contributed by atoms with Gasteiger partial charge in [0, 0.05) is 11.6 Å². The summed E-state index contributed by atoms with van der Waals surface area (Å²) in [6.07, 6.45) is 0.789. The van der Waals surface area contributed by atoms with Crippen LogP contribution in [0.5, 0.6) is 5.75 Å². The maximum absolute atomic E-state index is 13.7. The van der Waals surface area contributed by atoms with E-state index >= 15 is 0 Å². The van der Waals surface area contributed by atoms with Crippen LogP contribution in [0.2, 0.25) is 0 Å². The number of carbonyl (C=O) groups is 2. The molecule has 3 amide bonds. The molecule has 1 rings (SSSR count). The molecule has 0 aliphatic heterocycles. The summed E-state index contributed by atoms with van der Waals surface area (Å²) in [4.78, 5) is 24.5. The molecule has 0 aliphatic carbocycles. The molecule has 134 valence electrons. The molecule has 0 spiro atoms. The fourth-order valence-corrected chi connectivity index (χ4v) is 2.18. The molecule has 3 N–H and O–H groups in total. The van der Waals surface area contributed by atoms with Crippen LogP contribution in [0.25, 0.3) is 0 Å².